The normalized spacial score (nSPS) is 17.1. The van der Waals surface area contributed by atoms with Crippen molar-refractivity contribution in [2.45, 2.75) is 12.8 Å². The lowest BCUT2D eigenvalue weighted by Crippen LogP contribution is -2.40. The number of rotatable bonds is 5. The highest BCUT2D eigenvalue weighted by atomic mass is 32.2. The van der Waals surface area contributed by atoms with Gasteiger partial charge in [0.25, 0.3) is 0 Å². The lowest BCUT2D eigenvalue weighted by Gasteiger charge is -2.26. The van der Waals surface area contributed by atoms with Crippen LogP contribution in [0.5, 0.6) is 0 Å². The summed E-state index contributed by atoms with van der Waals surface area (Å²) in [7, 11) is 0. The number of unbranched alkanes of at least 4 members (excludes halogenated alkanes) is 1. The van der Waals surface area contributed by atoms with Gasteiger partial charge < -0.3 is 9.64 Å². The van der Waals surface area contributed by atoms with E-state index < -0.39 is 0 Å². The topological polar surface area (TPSA) is 29.5 Å². The highest BCUT2D eigenvalue weighted by molar-refractivity contribution is 7.98. The Labute approximate surface area is 90.2 Å². The third-order valence-corrected chi connectivity index (χ3v) is 2.85. The first-order valence-corrected chi connectivity index (χ1v) is 6.40. The number of morpholine rings is 1. The van der Waals surface area contributed by atoms with E-state index in [1.165, 1.54) is 0 Å². The van der Waals surface area contributed by atoms with E-state index in [9.17, 15) is 4.79 Å². The molecular weight excluding hydrogens is 198 g/mol. The second-order valence-electron chi connectivity index (χ2n) is 3.27. The molecule has 1 amide bonds. The maximum Gasteiger partial charge on any atom is 0.223 e. The number of amides is 1. The monoisotopic (exact) mass is 216 g/mol. The van der Waals surface area contributed by atoms with Crippen molar-refractivity contribution in [3.05, 3.63) is 6.42 Å². The first-order chi connectivity index (χ1) is 6.84. The smallest absolute Gasteiger partial charge is 0.223 e. The zero-order valence-electron chi connectivity index (χ0n) is 8.70. The van der Waals surface area contributed by atoms with Crippen molar-refractivity contribution in [2.24, 2.45) is 0 Å². The van der Waals surface area contributed by atoms with Crippen molar-refractivity contribution in [1.29, 1.82) is 0 Å². The minimum atomic E-state index is 0.245. The van der Waals surface area contributed by atoms with Gasteiger partial charge in [-0.2, -0.15) is 11.8 Å². The molecule has 0 aromatic heterocycles. The van der Waals surface area contributed by atoms with Crippen LogP contribution in [0.2, 0.25) is 0 Å². The van der Waals surface area contributed by atoms with Crippen molar-refractivity contribution in [3.63, 3.8) is 0 Å². The Bertz CT molecular complexity index is 170. The maximum absolute atomic E-state index is 11.6. The molecule has 1 radical (unpaired) electrons. The molecule has 1 fully saturated rings. The van der Waals surface area contributed by atoms with Gasteiger partial charge in [-0.1, -0.05) is 0 Å². The van der Waals surface area contributed by atoms with Gasteiger partial charge in [0.2, 0.25) is 5.91 Å². The van der Waals surface area contributed by atoms with Crippen molar-refractivity contribution in [1.82, 2.24) is 4.90 Å². The fourth-order valence-corrected chi connectivity index (χ4v) is 1.77. The number of hydrogen-bond donors (Lipinski definition) is 0. The molecule has 0 saturated carbocycles. The van der Waals surface area contributed by atoms with Crippen molar-refractivity contribution in [2.75, 3.05) is 38.3 Å². The van der Waals surface area contributed by atoms with Gasteiger partial charge in [0.1, 0.15) is 0 Å². The molecule has 0 unspecified atom stereocenters. The lowest BCUT2D eigenvalue weighted by molar-refractivity contribution is -0.134. The molecule has 1 aliphatic heterocycles. The third kappa shape index (κ3) is 4.33. The molecule has 0 N–H and O–H groups in total. The Balaban J connectivity index is 2.07. The predicted octanol–water partition coefficient (Wildman–Crippen LogP) is 1.19. The first kappa shape index (κ1) is 11.9. The Morgan fingerprint density at radius 1 is 1.50 bits per heavy atom. The summed E-state index contributed by atoms with van der Waals surface area (Å²) in [6.45, 7) is 2.90. The van der Waals surface area contributed by atoms with E-state index in [2.05, 4.69) is 12.7 Å². The molecule has 81 valence electrons. The van der Waals surface area contributed by atoms with Crippen LogP contribution in [-0.4, -0.2) is 49.1 Å². The summed E-state index contributed by atoms with van der Waals surface area (Å²) in [5.74, 6) is 1.35. The predicted molar refractivity (Wildman–Crippen MR) is 59.3 cm³/mol. The van der Waals surface area contributed by atoms with E-state index in [0.29, 0.717) is 19.6 Å². The van der Waals surface area contributed by atoms with Crippen LogP contribution in [-0.2, 0) is 9.53 Å². The minimum Gasteiger partial charge on any atom is -0.378 e. The molecule has 1 heterocycles. The summed E-state index contributed by atoms with van der Waals surface area (Å²) in [6, 6.07) is 0. The number of ether oxygens (including phenoxy) is 1. The molecule has 1 rings (SSSR count). The average molecular weight is 216 g/mol. The van der Waals surface area contributed by atoms with Gasteiger partial charge in [-0.25, -0.2) is 0 Å². The van der Waals surface area contributed by atoms with E-state index >= 15 is 0 Å². The molecule has 3 nitrogen and oxygen atoms in total. The van der Waals surface area contributed by atoms with Crippen LogP contribution in [0, 0.1) is 6.42 Å². The quantitative estimate of drug-likeness (QED) is 0.647. The second-order valence-corrected chi connectivity index (χ2v) is 4.25. The van der Waals surface area contributed by atoms with Gasteiger partial charge in [0.05, 0.1) is 13.2 Å². The van der Waals surface area contributed by atoms with Gasteiger partial charge in [-0.15, -0.1) is 0 Å². The molecule has 0 atom stereocenters. The summed E-state index contributed by atoms with van der Waals surface area (Å²) >= 11 is 1.81. The van der Waals surface area contributed by atoms with Crippen molar-refractivity contribution < 1.29 is 9.53 Å². The highest BCUT2D eigenvalue weighted by Gasteiger charge is 2.15. The average Bonchev–Trinajstić information content (AvgIpc) is 2.25. The molecule has 0 aromatic carbocycles. The van der Waals surface area contributed by atoms with Gasteiger partial charge in [0.15, 0.2) is 0 Å². The van der Waals surface area contributed by atoms with Crippen LogP contribution >= 0.6 is 11.8 Å². The summed E-state index contributed by atoms with van der Waals surface area (Å²) in [4.78, 5) is 13.5. The van der Waals surface area contributed by atoms with Crippen LogP contribution in [0.4, 0.5) is 0 Å². The van der Waals surface area contributed by atoms with Gasteiger partial charge >= 0.3 is 0 Å². The fraction of sp³-hybridized carbons (Fsp3) is 0.800. The molecule has 0 aliphatic carbocycles. The Kier molecular flexibility index (Phi) is 6.03. The van der Waals surface area contributed by atoms with Crippen LogP contribution in [0.15, 0.2) is 0 Å². The molecule has 1 aliphatic rings. The van der Waals surface area contributed by atoms with Crippen LogP contribution in [0.3, 0.4) is 0 Å². The number of carbonyl (C=O) groups excluding carboxylic acids is 1. The Morgan fingerprint density at radius 3 is 2.86 bits per heavy atom. The van der Waals surface area contributed by atoms with Crippen LogP contribution in [0.25, 0.3) is 0 Å². The van der Waals surface area contributed by atoms with E-state index in [-0.39, 0.29) is 5.91 Å². The highest BCUT2D eigenvalue weighted by Crippen LogP contribution is 2.05. The largest absolute Gasteiger partial charge is 0.378 e. The number of carbonyl (C=O) groups is 1. The molecule has 0 spiro atoms. The fourth-order valence-electron chi connectivity index (χ4n) is 1.37. The summed E-state index contributed by atoms with van der Waals surface area (Å²) in [5, 5.41) is 0. The Morgan fingerprint density at radius 2 is 2.21 bits per heavy atom. The molecule has 0 aromatic rings. The lowest BCUT2D eigenvalue weighted by atomic mass is 10.2. The van der Waals surface area contributed by atoms with Crippen LogP contribution in [0.1, 0.15) is 12.8 Å². The zero-order chi connectivity index (χ0) is 10.2. The summed E-state index contributed by atoms with van der Waals surface area (Å²) in [5.41, 5.74) is 0. The SMILES string of the molecule is CSCC[CH]CC(=O)N1CCOCC1. The number of nitrogens with zero attached hydrogens (tertiary/aromatic N) is 1. The van der Waals surface area contributed by atoms with Gasteiger partial charge in [-0.05, 0) is 24.9 Å². The van der Waals surface area contributed by atoms with Crippen LogP contribution < -0.4 is 0 Å². The summed E-state index contributed by atoms with van der Waals surface area (Å²) in [6.07, 6.45) is 5.77. The van der Waals surface area contributed by atoms with Gasteiger partial charge in [0, 0.05) is 19.5 Å². The zero-order valence-corrected chi connectivity index (χ0v) is 9.52. The molecular formula is C10H18NO2S. The van der Waals surface area contributed by atoms with E-state index in [1.54, 1.807) is 0 Å². The second kappa shape index (κ2) is 7.12. The Hall–Kier alpha value is -0.220. The van der Waals surface area contributed by atoms with Gasteiger partial charge in [-0.3, -0.25) is 4.79 Å². The molecule has 1 saturated heterocycles. The molecule has 0 bridgehead atoms. The third-order valence-electron chi connectivity index (χ3n) is 2.21. The standard InChI is InChI=1S/C10H18NO2S/c1-14-9-3-2-4-10(12)11-5-7-13-8-6-11/h2H,3-9H2,1H3. The van der Waals surface area contributed by atoms with Crippen molar-refractivity contribution in [3.8, 4) is 0 Å². The molecule has 14 heavy (non-hydrogen) atoms. The van der Waals surface area contributed by atoms with E-state index in [1.807, 2.05) is 16.7 Å². The minimum absolute atomic E-state index is 0.245. The maximum atomic E-state index is 11.6. The first-order valence-electron chi connectivity index (χ1n) is 5.00. The number of hydrogen-bond acceptors (Lipinski definition) is 3. The summed E-state index contributed by atoms with van der Waals surface area (Å²) < 4.78 is 5.19. The molecule has 4 heteroatoms. The van der Waals surface area contributed by atoms with E-state index in [0.717, 1.165) is 25.3 Å². The van der Waals surface area contributed by atoms with Crippen molar-refractivity contribution >= 4 is 17.7 Å². The number of thioether (sulfide) groups is 1. The van der Waals surface area contributed by atoms with E-state index in [4.69, 9.17) is 4.74 Å².